The maximum absolute atomic E-state index is 5.91. The van der Waals surface area contributed by atoms with E-state index in [9.17, 15) is 0 Å². The van der Waals surface area contributed by atoms with Crippen LogP contribution in [0.5, 0.6) is 11.5 Å². The normalized spacial score (nSPS) is 17.7. The number of nitrogens with one attached hydrogen (secondary N) is 1. The van der Waals surface area contributed by atoms with Gasteiger partial charge in [-0.1, -0.05) is 25.0 Å². The molecule has 0 heterocycles. The monoisotopic (exact) mass is 249 g/mol. The van der Waals surface area contributed by atoms with Gasteiger partial charge in [-0.25, -0.2) is 0 Å². The van der Waals surface area contributed by atoms with Crippen LogP contribution in [0.2, 0.25) is 0 Å². The quantitative estimate of drug-likeness (QED) is 0.841. The zero-order chi connectivity index (χ0) is 12.8. The molecule has 1 aliphatic rings. The standard InChI is InChI=1S/C15H23NO2/c1-16-13(12-7-3-4-8-12)11-18-15-10-6-5-9-14(15)17-2/h5-6,9-10,12-13,16H,3-4,7-8,11H2,1-2H3. The van der Waals surface area contributed by atoms with Crippen LogP contribution in [-0.2, 0) is 0 Å². The molecule has 0 aliphatic heterocycles. The van der Waals surface area contributed by atoms with Crippen molar-refractivity contribution in [2.45, 2.75) is 31.7 Å². The highest BCUT2D eigenvalue weighted by atomic mass is 16.5. The Kier molecular flexibility index (Phi) is 4.88. The average Bonchev–Trinajstić information content (AvgIpc) is 2.94. The fraction of sp³-hybridized carbons (Fsp3) is 0.600. The third-order valence-electron chi connectivity index (χ3n) is 3.83. The highest BCUT2D eigenvalue weighted by Gasteiger charge is 2.24. The Hall–Kier alpha value is -1.22. The molecular formula is C15H23NO2. The zero-order valence-corrected chi connectivity index (χ0v) is 11.3. The molecule has 2 rings (SSSR count). The number of hydrogen-bond donors (Lipinski definition) is 1. The molecule has 0 radical (unpaired) electrons. The van der Waals surface area contributed by atoms with Gasteiger partial charge in [0.05, 0.1) is 7.11 Å². The summed E-state index contributed by atoms with van der Waals surface area (Å²) in [5.74, 6) is 2.39. The molecule has 0 spiro atoms. The molecule has 1 aromatic carbocycles. The van der Waals surface area contributed by atoms with Crippen LogP contribution in [0.4, 0.5) is 0 Å². The van der Waals surface area contributed by atoms with E-state index in [1.54, 1.807) is 7.11 Å². The Morgan fingerprint density at radius 1 is 1.22 bits per heavy atom. The van der Waals surface area contributed by atoms with E-state index in [0.29, 0.717) is 12.6 Å². The van der Waals surface area contributed by atoms with Gasteiger partial charge in [-0.2, -0.15) is 0 Å². The fourth-order valence-electron chi connectivity index (χ4n) is 2.73. The van der Waals surface area contributed by atoms with Crippen molar-refractivity contribution < 1.29 is 9.47 Å². The minimum atomic E-state index is 0.442. The van der Waals surface area contributed by atoms with Gasteiger partial charge in [0.15, 0.2) is 11.5 Å². The SMILES string of the molecule is CNC(COc1ccccc1OC)C1CCCC1. The average molecular weight is 249 g/mol. The molecule has 1 fully saturated rings. The Balaban J connectivity index is 1.92. The Morgan fingerprint density at radius 3 is 2.50 bits per heavy atom. The molecule has 0 bridgehead atoms. The van der Waals surface area contributed by atoms with Crippen molar-refractivity contribution in [3.8, 4) is 11.5 Å². The van der Waals surface area contributed by atoms with Gasteiger partial charge in [-0.05, 0) is 37.9 Å². The maximum atomic E-state index is 5.91. The van der Waals surface area contributed by atoms with Crippen molar-refractivity contribution in [3.63, 3.8) is 0 Å². The molecule has 1 aromatic rings. The van der Waals surface area contributed by atoms with Crippen molar-refractivity contribution >= 4 is 0 Å². The first-order valence-electron chi connectivity index (χ1n) is 6.78. The minimum Gasteiger partial charge on any atom is -0.493 e. The Morgan fingerprint density at radius 2 is 1.89 bits per heavy atom. The van der Waals surface area contributed by atoms with Crippen LogP contribution in [-0.4, -0.2) is 26.8 Å². The lowest BCUT2D eigenvalue weighted by Crippen LogP contribution is -2.37. The lowest BCUT2D eigenvalue weighted by molar-refractivity contribution is 0.217. The number of ether oxygens (including phenoxy) is 2. The Labute approximate surface area is 109 Å². The van der Waals surface area contributed by atoms with Crippen LogP contribution in [0.1, 0.15) is 25.7 Å². The molecular weight excluding hydrogens is 226 g/mol. The van der Waals surface area contributed by atoms with E-state index in [0.717, 1.165) is 17.4 Å². The van der Waals surface area contributed by atoms with E-state index in [4.69, 9.17) is 9.47 Å². The number of rotatable bonds is 6. The van der Waals surface area contributed by atoms with E-state index in [2.05, 4.69) is 5.32 Å². The number of benzene rings is 1. The summed E-state index contributed by atoms with van der Waals surface area (Å²) in [6.07, 6.45) is 5.36. The third kappa shape index (κ3) is 3.16. The summed E-state index contributed by atoms with van der Waals surface area (Å²) in [6, 6.07) is 8.26. The van der Waals surface area contributed by atoms with Gasteiger partial charge in [-0.3, -0.25) is 0 Å². The molecule has 100 valence electrons. The number of hydrogen-bond acceptors (Lipinski definition) is 3. The Bertz CT molecular complexity index is 361. The molecule has 0 amide bonds. The molecule has 1 unspecified atom stereocenters. The minimum absolute atomic E-state index is 0.442. The molecule has 1 aliphatic carbocycles. The first kappa shape index (κ1) is 13.2. The summed E-state index contributed by atoms with van der Waals surface area (Å²) in [5, 5.41) is 3.39. The topological polar surface area (TPSA) is 30.5 Å². The largest absolute Gasteiger partial charge is 0.493 e. The predicted molar refractivity (Wildman–Crippen MR) is 73.3 cm³/mol. The van der Waals surface area contributed by atoms with Gasteiger partial charge in [-0.15, -0.1) is 0 Å². The summed E-state index contributed by atoms with van der Waals surface area (Å²) in [6.45, 7) is 0.710. The van der Waals surface area contributed by atoms with Crippen LogP contribution in [0.15, 0.2) is 24.3 Å². The van der Waals surface area contributed by atoms with Gasteiger partial charge in [0.1, 0.15) is 6.61 Å². The zero-order valence-electron chi connectivity index (χ0n) is 11.3. The summed E-state index contributed by atoms with van der Waals surface area (Å²) >= 11 is 0. The highest BCUT2D eigenvalue weighted by molar-refractivity contribution is 5.39. The summed E-state index contributed by atoms with van der Waals surface area (Å²) in [7, 11) is 3.70. The van der Waals surface area contributed by atoms with Gasteiger partial charge < -0.3 is 14.8 Å². The summed E-state index contributed by atoms with van der Waals surface area (Å²) in [4.78, 5) is 0. The molecule has 1 atom stereocenters. The summed E-state index contributed by atoms with van der Waals surface area (Å²) in [5.41, 5.74) is 0. The molecule has 1 N–H and O–H groups in total. The smallest absolute Gasteiger partial charge is 0.161 e. The van der Waals surface area contributed by atoms with Crippen molar-refractivity contribution in [2.75, 3.05) is 20.8 Å². The van der Waals surface area contributed by atoms with Crippen molar-refractivity contribution in [1.82, 2.24) is 5.32 Å². The fourth-order valence-corrected chi connectivity index (χ4v) is 2.73. The lowest BCUT2D eigenvalue weighted by Gasteiger charge is -2.23. The van der Waals surface area contributed by atoms with Crippen LogP contribution < -0.4 is 14.8 Å². The lowest BCUT2D eigenvalue weighted by atomic mass is 9.99. The molecule has 3 heteroatoms. The molecule has 0 aromatic heterocycles. The van der Waals surface area contributed by atoms with Crippen molar-refractivity contribution in [3.05, 3.63) is 24.3 Å². The molecule has 3 nitrogen and oxygen atoms in total. The van der Waals surface area contributed by atoms with Gasteiger partial charge in [0, 0.05) is 6.04 Å². The second kappa shape index (κ2) is 6.64. The van der Waals surface area contributed by atoms with Crippen LogP contribution >= 0.6 is 0 Å². The number of methoxy groups -OCH3 is 1. The van der Waals surface area contributed by atoms with Gasteiger partial charge in [0.2, 0.25) is 0 Å². The maximum Gasteiger partial charge on any atom is 0.161 e. The van der Waals surface area contributed by atoms with Crippen molar-refractivity contribution in [1.29, 1.82) is 0 Å². The highest BCUT2D eigenvalue weighted by Crippen LogP contribution is 2.30. The van der Waals surface area contributed by atoms with Crippen LogP contribution in [0.25, 0.3) is 0 Å². The molecule has 18 heavy (non-hydrogen) atoms. The van der Waals surface area contributed by atoms with Gasteiger partial charge in [0.25, 0.3) is 0 Å². The van der Waals surface area contributed by atoms with Crippen LogP contribution in [0.3, 0.4) is 0 Å². The van der Waals surface area contributed by atoms with Gasteiger partial charge >= 0.3 is 0 Å². The molecule has 1 saturated carbocycles. The third-order valence-corrected chi connectivity index (χ3v) is 3.83. The van der Waals surface area contributed by atoms with E-state index in [-0.39, 0.29) is 0 Å². The number of para-hydroxylation sites is 2. The second-order valence-corrected chi connectivity index (χ2v) is 4.90. The van der Waals surface area contributed by atoms with E-state index >= 15 is 0 Å². The predicted octanol–water partition coefficient (Wildman–Crippen LogP) is 2.85. The van der Waals surface area contributed by atoms with Crippen molar-refractivity contribution in [2.24, 2.45) is 5.92 Å². The first-order chi connectivity index (χ1) is 8.85. The second-order valence-electron chi connectivity index (χ2n) is 4.90. The van der Waals surface area contributed by atoms with E-state index in [1.807, 2.05) is 31.3 Å². The van der Waals surface area contributed by atoms with E-state index < -0.39 is 0 Å². The molecule has 0 saturated heterocycles. The first-order valence-corrected chi connectivity index (χ1v) is 6.78. The number of likely N-dealkylation sites (N-methyl/N-ethyl adjacent to an activating group) is 1. The summed E-state index contributed by atoms with van der Waals surface area (Å²) < 4.78 is 11.2. The van der Waals surface area contributed by atoms with Crippen LogP contribution in [0, 0.1) is 5.92 Å². The van der Waals surface area contributed by atoms with E-state index in [1.165, 1.54) is 25.7 Å².